The Morgan fingerprint density at radius 1 is 1.12 bits per heavy atom. The van der Waals surface area contributed by atoms with E-state index in [1.165, 1.54) is 24.3 Å². The third-order valence-electron chi connectivity index (χ3n) is 4.01. The maximum atomic E-state index is 12.5. The molecule has 0 spiro atoms. The zero-order valence-electron chi connectivity index (χ0n) is 13.7. The molecule has 0 radical (unpaired) electrons. The highest BCUT2D eigenvalue weighted by Crippen LogP contribution is 2.34. The van der Waals surface area contributed by atoms with E-state index in [-0.39, 0.29) is 21.7 Å². The Morgan fingerprint density at radius 3 is 2.50 bits per heavy atom. The number of nitrogens with one attached hydrogen (secondary N) is 1. The van der Waals surface area contributed by atoms with Crippen molar-refractivity contribution < 1.29 is 22.9 Å². The van der Waals surface area contributed by atoms with Gasteiger partial charge in [0.05, 0.1) is 10.6 Å². The average Bonchev–Trinajstić information content (AvgIpc) is 2.56. The number of anilines is 2. The molecule has 3 aromatic carbocycles. The second kappa shape index (κ2) is 6.32. The van der Waals surface area contributed by atoms with Gasteiger partial charge in [-0.3, -0.25) is 9.35 Å². The molecule has 1 amide bonds. The summed E-state index contributed by atoms with van der Waals surface area (Å²) >= 11 is 0. The second-order valence-electron chi connectivity index (χ2n) is 5.85. The number of aryl methyl sites for hydroxylation is 1. The molecular formula is C18H16N2O5S. The monoisotopic (exact) mass is 372 g/mol. The van der Waals surface area contributed by atoms with Gasteiger partial charge in [0.2, 0.25) is 0 Å². The molecule has 0 fully saturated rings. The van der Waals surface area contributed by atoms with Gasteiger partial charge in [-0.2, -0.15) is 8.42 Å². The smallest absolute Gasteiger partial charge is 0.294 e. The van der Waals surface area contributed by atoms with Gasteiger partial charge in [-0.25, -0.2) is 0 Å². The minimum atomic E-state index is -4.49. The second-order valence-corrected chi connectivity index (χ2v) is 7.27. The highest BCUT2D eigenvalue weighted by molar-refractivity contribution is 7.85. The van der Waals surface area contributed by atoms with Gasteiger partial charge in [0, 0.05) is 16.6 Å². The summed E-state index contributed by atoms with van der Waals surface area (Å²) < 4.78 is 32.4. The third-order valence-corrected chi connectivity index (χ3v) is 4.84. The van der Waals surface area contributed by atoms with E-state index in [0.29, 0.717) is 16.6 Å². The van der Waals surface area contributed by atoms with Crippen molar-refractivity contribution in [3.05, 3.63) is 59.7 Å². The van der Waals surface area contributed by atoms with Crippen molar-refractivity contribution >= 4 is 38.2 Å². The predicted molar refractivity (Wildman–Crippen MR) is 99.0 cm³/mol. The van der Waals surface area contributed by atoms with Gasteiger partial charge in [-0.15, -0.1) is 0 Å². The van der Waals surface area contributed by atoms with E-state index in [2.05, 4.69) is 5.32 Å². The third kappa shape index (κ3) is 3.32. The lowest BCUT2D eigenvalue weighted by molar-refractivity contribution is 0.102. The van der Waals surface area contributed by atoms with Crippen LogP contribution >= 0.6 is 0 Å². The van der Waals surface area contributed by atoms with Crippen LogP contribution in [0.3, 0.4) is 0 Å². The van der Waals surface area contributed by atoms with Crippen molar-refractivity contribution in [3.8, 4) is 5.75 Å². The SMILES string of the molecule is Cc1cc(C(=O)Nc2cc(S(=O)(=O)O)cc3cccc(O)c23)ccc1N. The molecule has 0 saturated heterocycles. The van der Waals surface area contributed by atoms with Crippen molar-refractivity contribution in [2.24, 2.45) is 0 Å². The van der Waals surface area contributed by atoms with E-state index >= 15 is 0 Å². The Morgan fingerprint density at radius 2 is 1.85 bits per heavy atom. The molecule has 0 heterocycles. The molecule has 0 atom stereocenters. The van der Waals surface area contributed by atoms with E-state index in [4.69, 9.17) is 5.73 Å². The van der Waals surface area contributed by atoms with Crippen LogP contribution in [-0.4, -0.2) is 24.0 Å². The molecule has 0 aliphatic carbocycles. The number of aromatic hydroxyl groups is 1. The molecule has 26 heavy (non-hydrogen) atoms. The fourth-order valence-corrected chi connectivity index (χ4v) is 3.18. The van der Waals surface area contributed by atoms with Gasteiger partial charge in [0.25, 0.3) is 16.0 Å². The van der Waals surface area contributed by atoms with Crippen molar-refractivity contribution in [1.82, 2.24) is 0 Å². The number of rotatable bonds is 3. The number of fused-ring (bicyclic) bond motifs is 1. The van der Waals surface area contributed by atoms with E-state index in [1.807, 2.05) is 0 Å². The number of phenolic OH excluding ortho intramolecular Hbond substituents is 1. The van der Waals surface area contributed by atoms with Crippen LogP contribution in [0.4, 0.5) is 11.4 Å². The fourth-order valence-electron chi connectivity index (χ4n) is 2.64. The zero-order chi connectivity index (χ0) is 19.1. The first-order chi connectivity index (χ1) is 12.2. The van der Waals surface area contributed by atoms with Gasteiger partial charge in [-0.1, -0.05) is 12.1 Å². The summed E-state index contributed by atoms with van der Waals surface area (Å²) in [5, 5.41) is 13.3. The predicted octanol–water partition coefficient (Wildman–Crippen LogP) is 2.94. The van der Waals surface area contributed by atoms with Gasteiger partial charge in [0.15, 0.2) is 0 Å². The van der Waals surface area contributed by atoms with Crippen molar-refractivity contribution in [2.45, 2.75) is 11.8 Å². The molecule has 3 aromatic rings. The summed E-state index contributed by atoms with van der Waals surface area (Å²) in [6.07, 6.45) is 0. The van der Waals surface area contributed by atoms with Crippen molar-refractivity contribution in [2.75, 3.05) is 11.1 Å². The van der Waals surface area contributed by atoms with Crippen LogP contribution < -0.4 is 11.1 Å². The van der Waals surface area contributed by atoms with Crippen molar-refractivity contribution in [1.29, 1.82) is 0 Å². The van der Waals surface area contributed by atoms with Gasteiger partial charge in [-0.05, 0) is 54.3 Å². The Labute approximate surface area is 149 Å². The molecule has 5 N–H and O–H groups in total. The maximum absolute atomic E-state index is 12.5. The van der Waals surface area contributed by atoms with Gasteiger partial charge < -0.3 is 16.2 Å². The molecule has 3 rings (SSSR count). The lowest BCUT2D eigenvalue weighted by Crippen LogP contribution is -2.13. The van der Waals surface area contributed by atoms with Gasteiger partial charge >= 0.3 is 0 Å². The lowest BCUT2D eigenvalue weighted by Gasteiger charge is -2.12. The zero-order valence-corrected chi connectivity index (χ0v) is 14.5. The van der Waals surface area contributed by atoms with Crippen LogP contribution in [0.5, 0.6) is 5.75 Å². The quantitative estimate of drug-likeness (QED) is 0.413. The number of nitrogen functional groups attached to an aromatic ring is 1. The minimum Gasteiger partial charge on any atom is -0.507 e. The summed E-state index contributed by atoms with van der Waals surface area (Å²) in [5.41, 5.74) is 7.38. The van der Waals surface area contributed by atoms with Crippen LogP contribution in [0.15, 0.2) is 53.4 Å². The summed E-state index contributed by atoms with van der Waals surface area (Å²) in [4.78, 5) is 12.2. The largest absolute Gasteiger partial charge is 0.507 e. The highest BCUT2D eigenvalue weighted by atomic mass is 32.2. The van der Waals surface area contributed by atoms with E-state index in [1.54, 1.807) is 25.1 Å². The molecule has 0 aliphatic heterocycles. The minimum absolute atomic E-state index is 0.0627. The number of amides is 1. The fraction of sp³-hybridized carbons (Fsp3) is 0.0556. The number of hydrogen-bond donors (Lipinski definition) is 4. The van der Waals surface area contributed by atoms with E-state index in [9.17, 15) is 22.9 Å². The highest BCUT2D eigenvalue weighted by Gasteiger charge is 2.17. The van der Waals surface area contributed by atoms with Crippen LogP contribution in [0.1, 0.15) is 15.9 Å². The Balaban J connectivity index is 2.13. The molecular weight excluding hydrogens is 356 g/mol. The molecule has 134 valence electrons. The summed E-state index contributed by atoms with van der Waals surface area (Å²) in [6.45, 7) is 1.76. The molecule has 0 unspecified atom stereocenters. The molecule has 7 nitrogen and oxygen atoms in total. The van der Waals surface area contributed by atoms with Crippen LogP contribution in [0, 0.1) is 6.92 Å². The van der Waals surface area contributed by atoms with Crippen LogP contribution in [0.25, 0.3) is 10.8 Å². The van der Waals surface area contributed by atoms with E-state index in [0.717, 1.165) is 11.6 Å². The molecule has 0 aliphatic rings. The number of hydrogen-bond acceptors (Lipinski definition) is 5. The first kappa shape index (κ1) is 17.7. The summed E-state index contributed by atoms with van der Waals surface area (Å²) in [7, 11) is -4.49. The first-order valence-corrected chi connectivity index (χ1v) is 9.01. The van der Waals surface area contributed by atoms with Gasteiger partial charge in [0.1, 0.15) is 5.75 Å². The number of carbonyl (C=O) groups is 1. The maximum Gasteiger partial charge on any atom is 0.294 e. The molecule has 0 saturated carbocycles. The number of carbonyl (C=O) groups excluding carboxylic acids is 1. The molecule has 0 aromatic heterocycles. The summed E-state index contributed by atoms with van der Waals surface area (Å²) in [5.74, 6) is -0.640. The first-order valence-electron chi connectivity index (χ1n) is 7.57. The van der Waals surface area contributed by atoms with E-state index < -0.39 is 16.0 Å². The average molecular weight is 372 g/mol. The number of nitrogens with two attached hydrogens (primary N) is 1. The lowest BCUT2D eigenvalue weighted by atomic mass is 10.1. The Kier molecular flexibility index (Phi) is 4.31. The van der Waals surface area contributed by atoms with Crippen LogP contribution in [0.2, 0.25) is 0 Å². The summed E-state index contributed by atoms with van der Waals surface area (Å²) in [6, 6.07) is 11.5. The number of phenols is 1. The Bertz CT molecular complexity index is 1140. The molecule has 8 heteroatoms. The normalized spacial score (nSPS) is 11.5. The molecule has 0 bridgehead atoms. The van der Waals surface area contributed by atoms with Crippen molar-refractivity contribution in [3.63, 3.8) is 0 Å². The Hall–Kier alpha value is -3.10. The number of benzene rings is 3. The standard InChI is InChI=1S/C18H16N2O5S/c1-10-7-12(5-6-14(10)19)18(22)20-15-9-13(26(23,24)25)8-11-3-2-4-16(21)17(11)15/h2-9,21H,19H2,1H3,(H,20,22)(H,23,24,25). The van der Waals surface area contributed by atoms with Crippen LogP contribution in [-0.2, 0) is 10.1 Å². The topological polar surface area (TPSA) is 130 Å².